The van der Waals surface area contributed by atoms with Crippen LogP contribution in [0.3, 0.4) is 0 Å². The summed E-state index contributed by atoms with van der Waals surface area (Å²) in [6.45, 7) is 0. The highest BCUT2D eigenvalue weighted by Crippen LogP contribution is 2.32. The van der Waals surface area contributed by atoms with Crippen molar-refractivity contribution in [2.24, 2.45) is 0 Å². The Hall–Kier alpha value is -1.63. The molecule has 0 radical (unpaired) electrons. The lowest BCUT2D eigenvalue weighted by atomic mass is 9.94. The van der Waals surface area contributed by atoms with Gasteiger partial charge in [0.2, 0.25) is 0 Å². The fraction of sp³-hybridized carbons (Fsp3) is 0.588. The quantitative estimate of drug-likeness (QED) is 0.640. The zero-order chi connectivity index (χ0) is 16.8. The van der Waals surface area contributed by atoms with E-state index in [2.05, 4.69) is 0 Å². The third-order valence-corrected chi connectivity index (χ3v) is 4.08. The molecule has 1 aliphatic carbocycles. The Labute approximate surface area is 136 Å². The van der Waals surface area contributed by atoms with Crippen LogP contribution in [-0.4, -0.2) is 44.6 Å². The second-order valence-corrected chi connectivity index (χ2v) is 5.52. The summed E-state index contributed by atoms with van der Waals surface area (Å²) in [7, 11) is 4.30. The normalized spacial score (nSPS) is 21.3. The maximum atomic E-state index is 12.2. The van der Waals surface area contributed by atoms with E-state index in [1.807, 2.05) is 0 Å². The van der Waals surface area contributed by atoms with Crippen LogP contribution in [0.4, 0.5) is 0 Å². The van der Waals surface area contributed by atoms with Crippen molar-refractivity contribution < 1.29 is 28.8 Å². The van der Waals surface area contributed by atoms with Crippen LogP contribution in [0, 0.1) is 0 Å². The first-order valence-corrected chi connectivity index (χ1v) is 7.73. The number of esters is 1. The zero-order valence-electron chi connectivity index (χ0n) is 13.8. The van der Waals surface area contributed by atoms with Gasteiger partial charge in [0.25, 0.3) is 0 Å². The minimum Gasteiger partial charge on any atom is -0.487 e. The zero-order valence-corrected chi connectivity index (χ0v) is 13.8. The molecule has 1 fully saturated rings. The summed E-state index contributed by atoms with van der Waals surface area (Å²) in [5.74, 6) is -0.153. The predicted octanol–water partition coefficient (Wildman–Crippen LogP) is 2.45. The second-order valence-electron chi connectivity index (χ2n) is 5.52. The number of hydrogen-bond donors (Lipinski definition) is 1. The Morgan fingerprint density at radius 1 is 1.17 bits per heavy atom. The van der Waals surface area contributed by atoms with E-state index >= 15 is 0 Å². The molecule has 0 heterocycles. The Morgan fingerprint density at radius 3 is 2.48 bits per heavy atom. The number of carbonyl (C=O) groups excluding carboxylic acids is 1. The molecule has 1 N–H and O–H groups in total. The van der Waals surface area contributed by atoms with Gasteiger partial charge in [-0.1, -0.05) is 18.6 Å². The van der Waals surface area contributed by atoms with Crippen molar-refractivity contribution in [3.05, 3.63) is 29.3 Å². The number of methoxy groups -OCH3 is 3. The summed E-state index contributed by atoms with van der Waals surface area (Å²) < 4.78 is 21.3. The molecule has 0 saturated heterocycles. The van der Waals surface area contributed by atoms with Gasteiger partial charge in [-0.15, -0.1) is 0 Å². The third-order valence-electron chi connectivity index (χ3n) is 4.08. The van der Waals surface area contributed by atoms with E-state index < -0.39 is 18.4 Å². The first-order chi connectivity index (χ1) is 11.1. The van der Waals surface area contributed by atoms with E-state index in [-0.39, 0.29) is 11.7 Å². The molecular weight excluding hydrogens is 300 g/mol. The van der Waals surface area contributed by atoms with Crippen LogP contribution in [0.5, 0.6) is 5.75 Å². The van der Waals surface area contributed by atoms with E-state index in [4.69, 9.17) is 18.9 Å². The van der Waals surface area contributed by atoms with E-state index in [1.165, 1.54) is 21.3 Å². The predicted molar refractivity (Wildman–Crippen MR) is 83.4 cm³/mol. The molecule has 0 aromatic heterocycles. The molecule has 2 atom stereocenters. The Kier molecular flexibility index (Phi) is 6.38. The molecule has 2 rings (SSSR count). The van der Waals surface area contributed by atoms with Crippen molar-refractivity contribution >= 4 is 5.97 Å². The molecule has 1 saturated carbocycles. The highest BCUT2D eigenvalue weighted by molar-refractivity contribution is 5.94. The maximum absolute atomic E-state index is 12.2. The van der Waals surface area contributed by atoms with Crippen LogP contribution in [0.2, 0.25) is 0 Å². The highest BCUT2D eigenvalue weighted by atomic mass is 16.7. The molecule has 6 heteroatoms. The maximum Gasteiger partial charge on any atom is 0.342 e. The highest BCUT2D eigenvalue weighted by Gasteiger charge is 2.29. The Balaban J connectivity index is 2.37. The summed E-state index contributed by atoms with van der Waals surface area (Å²) >= 11 is 0. The lowest BCUT2D eigenvalue weighted by Gasteiger charge is -2.29. The number of aliphatic hydroxyl groups is 1. The summed E-state index contributed by atoms with van der Waals surface area (Å²) in [6.07, 6.45) is 1.88. The van der Waals surface area contributed by atoms with Gasteiger partial charge < -0.3 is 24.1 Å². The second kappa shape index (κ2) is 8.29. The fourth-order valence-corrected chi connectivity index (χ4v) is 2.89. The molecule has 0 aliphatic heterocycles. The average Bonchev–Trinajstić information content (AvgIpc) is 2.57. The van der Waals surface area contributed by atoms with Crippen LogP contribution in [0.25, 0.3) is 0 Å². The number of carbonyl (C=O) groups is 1. The number of aliphatic hydroxyl groups excluding tert-OH is 1. The van der Waals surface area contributed by atoms with E-state index in [0.29, 0.717) is 17.7 Å². The molecule has 128 valence electrons. The summed E-state index contributed by atoms with van der Waals surface area (Å²) in [5, 5.41) is 10.1. The van der Waals surface area contributed by atoms with Crippen molar-refractivity contribution in [2.45, 2.75) is 44.2 Å². The van der Waals surface area contributed by atoms with Gasteiger partial charge in [0, 0.05) is 19.8 Å². The number of hydrogen-bond acceptors (Lipinski definition) is 6. The molecule has 0 bridgehead atoms. The summed E-state index contributed by atoms with van der Waals surface area (Å²) in [6, 6.07) is 5.19. The molecule has 0 amide bonds. The van der Waals surface area contributed by atoms with Crippen molar-refractivity contribution in [3.63, 3.8) is 0 Å². The van der Waals surface area contributed by atoms with Crippen molar-refractivity contribution in [2.75, 3.05) is 21.3 Å². The number of ether oxygens (including phenoxy) is 4. The summed E-state index contributed by atoms with van der Waals surface area (Å²) in [4.78, 5) is 12.2. The SMILES string of the molecule is COC(=O)c1c(O[C@@H]2CCCC[C@H]2O)cccc1C(OC)OC. The molecule has 23 heavy (non-hydrogen) atoms. The molecule has 1 aromatic carbocycles. The van der Waals surface area contributed by atoms with Gasteiger partial charge in [-0.2, -0.15) is 0 Å². The minimum absolute atomic E-state index is 0.265. The molecular formula is C17H24O6. The van der Waals surface area contributed by atoms with Gasteiger partial charge >= 0.3 is 5.97 Å². The van der Waals surface area contributed by atoms with Gasteiger partial charge in [-0.25, -0.2) is 4.79 Å². The standard InChI is InChI=1S/C17H24O6/c1-20-16(19)15-11(17(21-2)22-3)7-6-10-14(15)23-13-9-5-4-8-12(13)18/h6-7,10,12-13,17-18H,4-5,8-9H2,1-3H3/t12-,13-/m1/s1. The van der Waals surface area contributed by atoms with Crippen LogP contribution < -0.4 is 4.74 Å². The van der Waals surface area contributed by atoms with Crippen LogP contribution >= 0.6 is 0 Å². The van der Waals surface area contributed by atoms with Crippen molar-refractivity contribution in [1.82, 2.24) is 0 Å². The molecule has 0 unspecified atom stereocenters. The Morgan fingerprint density at radius 2 is 1.87 bits per heavy atom. The molecule has 6 nitrogen and oxygen atoms in total. The smallest absolute Gasteiger partial charge is 0.342 e. The fourth-order valence-electron chi connectivity index (χ4n) is 2.89. The van der Waals surface area contributed by atoms with Gasteiger partial charge in [-0.3, -0.25) is 0 Å². The van der Waals surface area contributed by atoms with Gasteiger partial charge in [0.05, 0.1) is 13.2 Å². The van der Waals surface area contributed by atoms with E-state index in [0.717, 1.165) is 19.3 Å². The monoisotopic (exact) mass is 324 g/mol. The molecule has 1 aliphatic rings. The minimum atomic E-state index is -0.705. The molecule has 1 aromatic rings. The average molecular weight is 324 g/mol. The first-order valence-electron chi connectivity index (χ1n) is 7.73. The lowest BCUT2D eigenvalue weighted by Crippen LogP contribution is -2.35. The lowest BCUT2D eigenvalue weighted by molar-refractivity contribution is -0.106. The van der Waals surface area contributed by atoms with Gasteiger partial charge in [-0.05, 0) is 25.3 Å². The van der Waals surface area contributed by atoms with Crippen LogP contribution in [0.1, 0.15) is 47.9 Å². The van der Waals surface area contributed by atoms with Gasteiger partial charge in [0.1, 0.15) is 17.4 Å². The van der Waals surface area contributed by atoms with E-state index in [1.54, 1.807) is 18.2 Å². The number of rotatable bonds is 6. The van der Waals surface area contributed by atoms with Gasteiger partial charge in [0.15, 0.2) is 6.29 Å². The first kappa shape index (κ1) is 17.7. The van der Waals surface area contributed by atoms with Crippen molar-refractivity contribution in [1.29, 1.82) is 0 Å². The Bertz CT molecular complexity index is 526. The largest absolute Gasteiger partial charge is 0.487 e. The van der Waals surface area contributed by atoms with Crippen LogP contribution in [0.15, 0.2) is 18.2 Å². The van der Waals surface area contributed by atoms with Crippen molar-refractivity contribution in [3.8, 4) is 5.75 Å². The topological polar surface area (TPSA) is 74.2 Å². The van der Waals surface area contributed by atoms with E-state index in [9.17, 15) is 9.90 Å². The number of benzene rings is 1. The summed E-state index contributed by atoms with van der Waals surface area (Å²) in [5.41, 5.74) is 0.797. The third kappa shape index (κ3) is 4.02. The molecule has 0 spiro atoms. The van der Waals surface area contributed by atoms with Crippen LogP contribution in [-0.2, 0) is 14.2 Å².